The molecule has 0 saturated carbocycles. The van der Waals surface area contributed by atoms with Gasteiger partial charge in [0.1, 0.15) is 9.71 Å². The van der Waals surface area contributed by atoms with E-state index in [2.05, 4.69) is 17.1 Å². The molecular formula is C14H20N4OS. The Labute approximate surface area is 122 Å². The Balaban J connectivity index is 2.53. The van der Waals surface area contributed by atoms with Crippen LogP contribution in [0.25, 0.3) is 10.2 Å². The van der Waals surface area contributed by atoms with Crippen molar-refractivity contribution >= 4 is 33.1 Å². The van der Waals surface area contributed by atoms with Crippen LogP contribution < -0.4 is 5.73 Å². The molecule has 0 fully saturated rings. The van der Waals surface area contributed by atoms with E-state index >= 15 is 0 Å². The highest BCUT2D eigenvalue weighted by atomic mass is 32.1. The lowest BCUT2D eigenvalue weighted by atomic mass is 10.1. The number of carbonyl (C=O) groups is 1. The fourth-order valence-electron chi connectivity index (χ4n) is 2.22. The number of anilines is 1. The minimum Gasteiger partial charge on any atom is -0.397 e. The SMILES string of the molecule is CCCN(CC)C(=O)c1sc2nnc(C)c(C)c2c1N. The fourth-order valence-corrected chi connectivity index (χ4v) is 3.28. The minimum atomic E-state index is -0.00750. The van der Waals surface area contributed by atoms with Gasteiger partial charge in [0.05, 0.1) is 11.4 Å². The van der Waals surface area contributed by atoms with Crippen LogP contribution in [-0.2, 0) is 0 Å². The van der Waals surface area contributed by atoms with E-state index in [1.807, 2.05) is 25.7 Å². The zero-order chi connectivity index (χ0) is 14.9. The van der Waals surface area contributed by atoms with Gasteiger partial charge in [0.15, 0.2) is 0 Å². The minimum absolute atomic E-state index is 0.00750. The topological polar surface area (TPSA) is 72.1 Å². The van der Waals surface area contributed by atoms with Gasteiger partial charge in [-0.3, -0.25) is 4.79 Å². The van der Waals surface area contributed by atoms with Crippen LogP contribution in [0.1, 0.15) is 41.2 Å². The van der Waals surface area contributed by atoms with Crippen LogP contribution >= 0.6 is 11.3 Å². The normalized spacial score (nSPS) is 11.0. The van der Waals surface area contributed by atoms with Crippen LogP contribution in [0.5, 0.6) is 0 Å². The second kappa shape index (κ2) is 5.75. The Hall–Kier alpha value is -1.69. The van der Waals surface area contributed by atoms with Gasteiger partial charge in [0.2, 0.25) is 0 Å². The first-order chi connectivity index (χ1) is 9.51. The number of fused-ring (bicyclic) bond motifs is 1. The molecule has 0 aliphatic carbocycles. The van der Waals surface area contributed by atoms with Crippen molar-refractivity contribution < 1.29 is 4.79 Å². The summed E-state index contributed by atoms with van der Waals surface area (Å²) in [7, 11) is 0. The predicted octanol–water partition coefficient (Wildman–Crippen LogP) is 2.76. The molecule has 5 nitrogen and oxygen atoms in total. The van der Waals surface area contributed by atoms with Gasteiger partial charge in [-0.2, -0.15) is 5.10 Å². The molecule has 2 aromatic heterocycles. The van der Waals surface area contributed by atoms with Crippen LogP contribution in [0.15, 0.2) is 0 Å². The lowest BCUT2D eigenvalue weighted by Crippen LogP contribution is -2.31. The van der Waals surface area contributed by atoms with E-state index in [9.17, 15) is 4.79 Å². The molecule has 6 heteroatoms. The maximum Gasteiger partial charge on any atom is 0.266 e. The Morgan fingerprint density at radius 2 is 2.00 bits per heavy atom. The van der Waals surface area contributed by atoms with Gasteiger partial charge < -0.3 is 10.6 Å². The van der Waals surface area contributed by atoms with Gasteiger partial charge in [0.25, 0.3) is 5.91 Å². The van der Waals surface area contributed by atoms with Crippen molar-refractivity contribution in [3.05, 3.63) is 16.1 Å². The van der Waals surface area contributed by atoms with Crippen molar-refractivity contribution in [2.24, 2.45) is 0 Å². The number of nitrogens with two attached hydrogens (primary N) is 1. The number of hydrogen-bond acceptors (Lipinski definition) is 5. The number of carbonyl (C=O) groups excluding carboxylic acids is 1. The average molecular weight is 292 g/mol. The van der Waals surface area contributed by atoms with E-state index in [0.29, 0.717) is 17.1 Å². The molecule has 0 unspecified atom stereocenters. The number of thiophene rings is 1. The smallest absolute Gasteiger partial charge is 0.266 e. The molecule has 2 heterocycles. The van der Waals surface area contributed by atoms with E-state index in [-0.39, 0.29) is 5.91 Å². The van der Waals surface area contributed by atoms with Crippen LogP contribution in [-0.4, -0.2) is 34.1 Å². The number of nitrogen functional groups attached to an aromatic ring is 1. The highest BCUT2D eigenvalue weighted by molar-refractivity contribution is 7.21. The molecule has 0 radical (unpaired) electrons. The number of nitrogens with zero attached hydrogens (tertiary/aromatic N) is 3. The molecular weight excluding hydrogens is 272 g/mol. The van der Waals surface area contributed by atoms with E-state index in [0.717, 1.165) is 34.4 Å². The van der Waals surface area contributed by atoms with Gasteiger partial charge in [-0.15, -0.1) is 16.4 Å². The summed E-state index contributed by atoms with van der Waals surface area (Å²) in [6.45, 7) is 9.33. The Morgan fingerprint density at radius 1 is 1.30 bits per heavy atom. The third kappa shape index (κ3) is 2.35. The molecule has 2 rings (SSSR count). The molecule has 20 heavy (non-hydrogen) atoms. The first kappa shape index (κ1) is 14.7. The van der Waals surface area contributed by atoms with Crippen molar-refractivity contribution in [1.82, 2.24) is 15.1 Å². The second-order valence-electron chi connectivity index (χ2n) is 4.82. The van der Waals surface area contributed by atoms with Crippen LogP contribution in [0, 0.1) is 13.8 Å². The molecule has 0 saturated heterocycles. The van der Waals surface area contributed by atoms with E-state index in [1.165, 1.54) is 11.3 Å². The standard InChI is InChI=1S/C14H20N4OS/c1-5-7-18(6-2)14(19)12-11(15)10-8(3)9(4)16-17-13(10)20-12/h5-7,15H2,1-4H3. The lowest BCUT2D eigenvalue weighted by Gasteiger charge is -2.19. The van der Waals surface area contributed by atoms with Crippen molar-refractivity contribution in [1.29, 1.82) is 0 Å². The maximum atomic E-state index is 12.6. The molecule has 0 atom stereocenters. The fraction of sp³-hybridized carbons (Fsp3) is 0.500. The third-order valence-electron chi connectivity index (χ3n) is 3.49. The van der Waals surface area contributed by atoms with Crippen LogP contribution in [0.2, 0.25) is 0 Å². The summed E-state index contributed by atoms with van der Waals surface area (Å²) in [5.41, 5.74) is 8.59. The van der Waals surface area contributed by atoms with E-state index in [4.69, 9.17) is 5.73 Å². The molecule has 0 spiro atoms. The number of hydrogen-bond donors (Lipinski definition) is 1. The van der Waals surface area contributed by atoms with Crippen LogP contribution in [0.4, 0.5) is 5.69 Å². The van der Waals surface area contributed by atoms with Gasteiger partial charge in [0, 0.05) is 18.5 Å². The van der Waals surface area contributed by atoms with Gasteiger partial charge in [-0.25, -0.2) is 0 Å². The molecule has 2 aromatic rings. The highest BCUT2D eigenvalue weighted by Crippen LogP contribution is 2.35. The summed E-state index contributed by atoms with van der Waals surface area (Å²) in [5.74, 6) is -0.00750. The third-order valence-corrected chi connectivity index (χ3v) is 4.57. The molecule has 0 aliphatic rings. The van der Waals surface area contributed by atoms with Crippen molar-refractivity contribution in [3.8, 4) is 0 Å². The second-order valence-corrected chi connectivity index (χ2v) is 5.82. The van der Waals surface area contributed by atoms with Crippen molar-refractivity contribution in [2.75, 3.05) is 18.8 Å². The molecule has 0 aliphatic heterocycles. The molecule has 0 bridgehead atoms. The average Bonchev–Trinajstić information content (AvgIpc) is 2.77. The van der Waals surface area contributed by atoms with Crippen molar-refractivity contribution in [2.45, 2.75) is 34.1 Å². The Morgan fingerprint density at radius 3 is 2.60 bits per heavy atom. The summed E-state index contributed by atoms with van der Waals surface area (Å²) in [5, 5.41) is 9.13. The number of aryl methyl sites for hydroxylation is 2. The van der Waals surface area contributed by atoms with Gasteiger partial charge >= 0.3 is 0 Å². The number of rotatable bonds is 4. The van der Waals surface area contributed by atoms with E-state index < -0.39 is 0 Å². The Bertz CT molecular complexity index is 650. The van der Waals surface area contributed by atoms with Crippen LogP contribution in [0.3, 0.4) is 0 Å². The molecule has 0 aromatic carbocycles. The number of aromatic nitrogens is 2. The molecule has 2 N–H and O–H groups in total. The lowest BCUT2D eigenvalue weighted by molar-refractivity contribution is 0.0770. The first-order valence-electron chi connectivity index (χ1n) is 6.82. The van der Waals surface area contributed by atoms with Crippen molar-refractivity contribution in [3.63, 3.8) is 0 Å². The summed E-state index contributed by atoms with van der Waals surface area (Å²) < 4.78 is 0. The number of amides is 1. The summed E-state index contributed by atoms with van der Waals surface area (Å²) in [4.78, 5) is 15.7. The first-order valence-corrected chi connectivity index (χ1v) is 7.64. The summed E-state index contributed by atoms with van der Waals surface area (Å²) >= 11 is 1.33. The Kier molecular flexibility index (Phi) is 4.23. The largest absolute Gasteiger partial charge is 0.397 e. The zero-order valence-corrected chi connectivity index (χ0v) is 13.2. The molecule has 108 valence electrons. The predicted molar refractivity (Wildman–Crippen MR) is 83.2 cm³/mol. The highest BCUT2D eigenvalue weighted by Gasteiger charge is 2.22. The quantitative estimate of drug-likeness (QED) is 0.940. The molecule has 1 amide bonds. The van der Waals surface area contributed by atoms with E-state index in [1.54, 1.807) is 0 Å². The zero-order valence-electron chi connectivity index (χ0n) is 12.4. The summed E-state index contributed by atoms with van der Waals surface area (Å²) in [6.07, 6.45) is 0.933. The van der Waals surface area contributed by atoms with Gasteiger partial charge in [-0.1, -0.05) is 6.92 Å². The van der Waals surface area contributed by atoms with Gasteiger partial charge in [-0.05, 0) is 32.8 Å². The maximum absolute atomic E-state index is 12.6. The monoisotopic (exact) mass is 292 g/mol. The summed E-state index contributed by atoms with van der Waals surface area (Å²) in [6, 6.07) is 0.